The van der Waals surface area contributed by atoms with Crippen LogP contribution in [0.5, 0.6) is 5.75 Å². The van der Waals surface area contributed by atoms with Gasteiger partial charge in [-0.1, -0.05) is 42.5 Å². The summed E-state index contributed by atoms with van der Waals surface area (Å²) in [5.41, 5.74) is 2.12. The number of benzene rings is 2. The van der Waals surface area contributed by atoms with Crippen LogP contribution in [0.3, 0.4) is 0 Å². The molecule has 1 N–H and O–H groups in total. The van der Waals surface area contributed by atoms with E-state index in [9.17, 15) is 4.79 Å². The summed E-state index contributed by atoms with van der Waals surface area (Å²) >= 11 is 0. The van der Waals surface area contributed by atoms with Crippen LogP contribution >= 0.6 is 0 Å². The van der Waals surface area contributed by atoms with Crippen LogP contribution in [0, 0.1) is 0 Å². The molecule has 0 fully saturated rings. The molecule has 0 aliphatic carbocycles. The van der Waals surface area contributed by atoms with Crippen molar-refractivity contribution in [3.8, 4) is 5.75 Å². The van der Waals surface area contributed by atoms with Gasteiger partial charge in [0.2, 0.25) is 0 Å². The highest BCUT2D eigenvalue weighted by molar-refractivity contribution is 5.86. The first-order valence-electron chi connectivity index (χ1n) is 6.44. The third-order valence-corrected chi connectivity index (χ3v) is 3.28. The summed E-state index contributed by atoms with van der Waals surface area (Å²) in [5.74, 6) is 0.415. The van der Waals surface area contributed by atoms with Crippen molar-refractivity contribution in [2.24, 2.45) is 0 Å². The molecule has 1 aliphatic rings. The average Bonchev–Trinajstić information content (AvgIpc) is 2.46. The van der Waals surface area contributed by atoms with Crippen molar-refractivity contribution in [2.75, 3.05) is 5.32 Å². The fourth-order valence-electron chi connectivity index (χ4n) is 2.25. The smallest absolute Gasteiger partial charge is 0.334 e. The zero-order valence-electron chi connectivity index (χ0n) is 10.5. The molecule has 0 amide bonds. The van der Waals surface area contributed by atoms with Gasteiger partial charge in [-0.2, -0.15) is 0 Å². The van der Waals surface area contributed by atoms with Gasteiger partial charge in [0.25, 0.3) is 0 Å². The Bertz CT molecular complexity index is 580. The van der Waals surface area contributed by atoms with Crippen molar-refractivity contribution in [1.29, 1.82) is 0 Å². The second-order valence-corrected chi connectivity index (χ2v) is 4.64. The molecule has 0 saturated heterocycles. The topological polar surface area (TPSA) is 38.3 Å². The van der Waals surface area contributed by atoms with Crippen molar-refractivity contribution in [3.05, 3.63) is 60.2 Å². The third kappa shape index (κ3) is 2.60. The summed E-state index contributed by atoms with van der Waals surface area (Å²) in [6.07, 6.45) is 1.59. The Morgan fingerprint density at radius 3 is 2.58 bits per heavy atom. The molecule has 1 aliphatic heterocycles. The second kappa shape index (κ2) is 5.14. The molecule has 0 aromatic heterocycles. The molecule has 2 aromatic carbocycles. The first-order valence-corrected chi connectivity index (χ1v) is 6.44. The largest absolute Gasteiger partial charge is 0.423 e. The number of hydrogen-bond acceptors (Lipinski definition) is 3. The van der Waals surface area contributed by atoms with Crippen molar-refractivity contribution < 1.29 is 9.53 Å². The zero-order chi connectivity index (χ0) is 13.1. The fourth-order valence-corrected chi connectivity index (χ4v) is 2.25. The molecule has 0 radical (unpaired) electrons. The molecule has 0 spiro atoms. The second-order valence-electron chi connectivity index (χ2n) is 4.64. The van der Waals surface area contributed by atoms with E-state index in [0.717, 1.165) is 18.5 Å². The zero-order valence-corrected chi connectivity index (χ0v) is 10.5. The van der Waals surface area contributed by atoms with Gasteiger partial charge in [0.15, 0.2) is 5.75 Å². The van der Waals surface area contributed by atoms with Crippen molar-refractivity contribution in [2.45, 2.75) is 18.9 Å². The number of ether oxygens (including phenoxy) is 1. The van der Waals surface area contributed by atoms with E-state index in [0.29, 0.717) is 5.75 Å². The van der Waals surface area contributed by atoms with Gasteiger partial charge in [-0.3, -0.25) is 0 Å². The van der Waals surface area contributed by atoms with Crippen LogP contribution in [0.4, 0.5) is 5.69 Å². The monoisotopic (exact) mass is 253 g/mol. The number of anilines is 1. The van der Waals surface area contributed by atoms with Gasteiger partial charge >= 0.3 is 5.97 Å². The van der Waals surface area contributed by atoms with E-state index in [2.05, 4.69) is 17.4 Å². The van der Waals surface area contributed by atoms with Gasteiger partial charge in [-0.15, -0.1) is 0 Å². The Morgan fingerprint density at radius 1 is 1.00 bits per heavy atom. The lowest BCUT2D eigenvalue weighted by Crippen LogP contribution is -2.37. The van der Waals surface area contributed by atoms with Crippen LogP contribution in [0.1, 0.15) is 12.0 Å². The molecule has 96 valence electrons. The van der Waals surface area contributed by atoms with Gasteiger partial charge in [0.05, 0.1) is 5.69 Å². The number of carbonyl (C=O) groups is 1. The molecule has 2 aromatic rings. The number of rotatable bonds is 3. The molecule has 3 nitrogen and oxygen atoms in total. The molecule has 1 heterocycles. The number of hydrogen-bond donors (Lipinski definition) is 1. The lowest BCUT2D eigenvalue weighted by Gasteiger charge is -2.25. The molecule has 1 atom stereocenters. The van der Waals surface area contributed by atoms with Gasteiger partial charge < -0.3 is 10.1 Å². The maximum absolute atomic E-state index is 11.9. The van der Waals surface area contributed by atoms with E-state index >= 15 is 0 Å². The Kier molecular flexibility index (Phi) is 3.19. The predicted molar refractivity (Wildman–Crippen MR) is 74.3 cm³/mol. The van der Waals surface area contributed by atoms with Crippen LogP contribution in [-0.4, -0.2) is 12.0 Å². The Balaban J connectivity index is 1.68. The number of esters is 1. The molecule has 0 unspecified atom stereocenters. The van der Waals surface area contributed by atoms with Gasteiger partial charge in [-0.25, -0.2) is 4.79 Å². The van der Waals surface area contributed by atoms with E-state index in [1.54, 1.807) is 6.07 Å². The van der Waals surface area contributed by atoms with E-state index in [1.807, 2.05) is 36.4 Å². The lowest BCUT2D eigenvalue weighted by atomic mass is 10.0. The molecule has 19 heavy (non-hydrogen) atoms. The van der Waals surface area contributed by atoms with Crippen LogP contribution in [0.25, 0.3) is 0 Å². The summed E-state index contributed by atoms with van der Waals surface area (Å²) in [6, 6.07) is 17.4. The Hall–Kier alpha value is -2.29. The minimum absolute atomic E-state index is 0.199. The van der Waals surface area contributed by atoms with E-state index in [1.165, 1.54) is 5.56 Å². The summed E-state index contributed by atoms with van der Waals surface area (Å²) in [5, 5.41) is 3.24. The average molecular weight is 253 g/mol. The highest BCUT2D eigenvalue weighted by Gasteiger charge is 2.26. The molecule has 0 saturated carbocycles. The van der Waals surface area contributed by atoms with E-state index in [-0.39, 0.29) is 12.0 Å². The van der Waals surface area contributed by atoms with E-state index in [4.69, 9.17) is 4.74 Å². The fraction of sp³-hybridized carbons (Fsp3) is 0.188. The predicted octanol–water partition coefficient (Wildman–Crippen LogP) is 3.02. The maximum atomic E-state index is 11.9. The summed E-state index contributed by atoms with van der Waals surface area (Å²) in [7, 11) is 0. The number of aryl methyl sites for hydroxylation is 1. The summed E-state index contributed by atoms with van der Waals surface area (Å²) in [4.78, 5) is 11.9. The maximum Gasteiger partial charge on any atom is 0.334 e. The summed E-state index contributed by atoms with van der Waals surface area (Å²) < 4.78 is 5.33. The minimum Gasteiger partial charge on any atom is -0.423 e. The number of carbonyl (C=O) groups excluding carboxylic acids is 1. The first kappa shape index (κ1) is 11.8. The number of para-hydroxylation sites is 2. The van der Waals surface area contributed by atoms with Gasteiger partial charge in [0, 0.05) is 0 Å². The van der Waals surface area contributed by atoms with Crippen LogP contribution in [0.15, 0.2) is 54.6 Å². The number of nitrogens with one attached hydrogen (secondary N) is 1. The molecular formula is C16H15NO2. The van der Waals surface area contributed by atoms with Crippen LogP contribution in [0.2, 0.25) is 0 Å². The third-order valence-electron chi connectivity index (χ3n) is 3.28. The van der Waals surface area contributed by atoms with E-state index < -0.39 is 0 Å². The van der Waals surface area contributed by atoms with Crippen molar-refractivity contribution in [3.63, 3.8) is 0 Å². The highest BCUT2D eigenvalue weighted by Crippen LogP contribution is 2.29. The summed E-state index contributed by atoms with van der Waals surface area (Å²) in [6.45, 7) is 0. The minimum atomic E-state index is -0.268. The Morgan fingerprint density at radius 2 is 1.74 bits per heavy atom. The quantitative estimate of drug-likeness (QED) is 0.675. The first-order chi connectivity index (χ1) is 9.33. The van der Waals surface area contributed by atoms with Crippen LogP contribution < -0.4 is 10.1 Å². The SMILES string of the molecule is O=C1Oc2ccccc2N[C@H]1CCc1ccccc1. The molecule has 3 rings (SSSR count). The molecule has 0 bridgehead atoms. The van der Waals surface area contributed by atoms with Crippen molar-refractivity contribution >= 4 is 11.7 Å². The highest BCUT2D eigenvalue weighted by atomic mass is 16.5. The Labute approximate surface area is 112 Å². The van der Waals surface area contributed by atoms with Crippen molar-refractivity contribution in [1.82, 2.24) is 0 Å². The normalized spacial score (nSPS) is 17.3. The lowest BCUT2D eigenvalue weighted by molar-refractivity contribution is -0.136. The molecular weight excluding hydrogens is 238 g/mol. The van der Waals surface area contributed by atoms with Crippen LogP contribution in [-0.2, 0) is 11.2 Å². The standard InChI is InChI=1S/C16H15NO2/c18-16-14(11-10-12-6-2-1-3-7-12)17-13-8-4-5-9-15(13)19-16/h1-9,14,17H,10-11H2/t14-/m0/s1. The van der Waals surface area contributed by atoms with Gasteiger partial charge in [0.1, 0.15) is 6.04 Å². The number of fused-ring (bicyclic) bond motifs is 1. The molecule has 3 heteroatoms. The van der Waals surface area contributed by atoms with Gasteiger partial charge in [-0.05, 0) is 30.5 Å².